The van der Waals surface area contributed by atoms with E-state index in [1.54, 1.807) is 0 Å². The highest BCUT2D eigenvalue weighted by molar-refractivity contribution is 5.26. The van der Waals surface area contributed by atoms with Crippen molar-refractivity contribution in [3.05, 3.63) is 34.7 Å². The first-order valence-corrected chi connectivity index (χ1v) is 5.69. The van der Waals surface area contributed by atoms with Crippen molar-refractivity contribution in [1.82, 2.24) is 20.0 Å². The Hall–Kier alpha value is -1.62. The van der Waals surface area contributed by atoms with E-state index in [0.29, 0.717) is 18.3 Å². The molecule has 0 saturated carbocycles. The molecule has 0 atom stereocenters. The topological polar surface area (TPSA) is 55.9 Å². The molecular weight excluding hydrogens is 216 g/mol. The quantitative estimate of drug-likeness (QED) is 0.873. The van der Waals surface area contributed by atoms with E-state index in [1.807, 2.05) is 6.92 Å². The number of hydrogen-bond donors (Lipinski definition) is 1. The minimum atomic E-state index is 0.605. The number of aryl methyl sites for hydroxylation is 2. The highest BCUT2D eigenvalue weighted by Gasteiger charge is 2.06. The zero-order chi connectivity index (χ0) is 12.4. The normalized spacial score (nSPS) is 11.1. The predicted molar refractivity (Wildman–Crippen MR) is 64.5 cm³/mol. The van der Waals surface area contributed by atoms with Crippen LogP contribution in [-0.2, 0) is 20.1 Å². The second kappa shape index (κ2) is 4.71. The summed E-state index contributed by atoms with van der Waals surface area (Å²) in [5, 5.41) is 7.05. The van der Waals surface area contributed by atoms with E-state index in [4.69, 9.17) is 4.52 Å². The van der Waals surface area contributed by atoms with E-state index in [9.17, 15) is 0 Å². The molecule has 92 valence electrons. The van der Waals surface area contributed by atoms with Crippen LogP contribution in [0.4, 0.5) is 0 Å². The number of rotatable bonds is 4. The van der Waals surface area contributed by atoms with Crippen LogP contribution in [-0.4, -0.2) is 14.7 Å². The maximum Gasteiger partial charge on any atom is 0.240 e. The maximum absolute atomic E-state index is 5.03. The van der Waals surface area contributed by atoms with E-state index >= 15 is 0 Å². The van der Waals surface area contributed by atoms with E-state index in [2.05, 4.69) is 47.0 Å². The molecule has 0 amide bonds. The Morgan fingerprint density at radius 3 is 2.59 bits per heavy atom. The number of nitrogens with zero attached hydrogens (tertiary/aromatic N) is 3. The zero-order valence-corrected chi connectivity index (χ0v) is 10.7. The van der Waals surface area contributed by atoms with Crippen LogP contribution in [0.2, 0.25) is 0 Å². The van der Waals surface area contributed by atoms with Gasteiger partial charge in [0.05, 0.1) is 6.54 Å². The van der Waals surface area contributed by atoms with Crippen LogP contribution in [0.3, 0.4) is 0 Å². The average molecular weight is 234 g/mol. The van der Waals surface area contributed by atoms with Crippen molar-refractivity contribution in [2.75, 3.05) is 0 Å². The van der Waals surface area contributed by atoms with Crippen LogP contribution >= 0.6 is 0 Å². The van der Waals surface area contributed by atoms with E-state index in [-0.39, 0.29) is 0 Å². The molecule has 0 fully saturated rings. The van der Waals surface area contributed by atoms with Gasteiger partial charge in [-0.1, -0.05) is 5.16 Å². The predicted octanol–water partition coefficient (Wildman–Crippen LogP) is 1.62. The molecular formula is C12H18N4O. The van der Waals surface area contributed by atoms with E-state index < -0.39 is 0 Å². The molecule has 0 unspecified atom stereocenters. The van der Waals surface area contributed by atoms with Crippen molar-refractivity contribution in [1.29, 1.82) is 0 Å². The Morgan fingerprint density at radius 1 is 1.29 bits per heavy atom. The summed E-state index contributed by atoms with van der Waals surface area (Å²) in [4.78, 5) is 4.14. The Labute approximate surface area is 101 Å². The number of aromatic nitrogens is 3. The first kappa shape index (κ1) is 11.9. The highest BCUT2D eigenvalue weighted by atomic mass is 16.5. The standard InChI is InChI=1S/C12H18N4O/c1-8-5-11(9(2)16(8)4)6-13-7-12-14-10(3)15-17-12/h5,13H,6-7H2,1-4H3. The summed E-state index contributed by atoms with van der Waals surface area (Å²) < 4.78 is 7.22. The molecule has 2 aromatic rings. The van der Waals surface area contributed by atoms with Gasteiger partial charge in [0.2, 0.25) is 5.89 Å². The van der Waals surface area contributed by atoms with Gasteiger partial charge in [-0.15, -0.1) is 0 Å². The van der Waals surface area contributed by atoms with Gasteiger partial charge < -0.3 is 14.4 Å². The van der Waals surface area contributed by atoms with Crippen LogP contribution in [0.25, 0.3) is 0 Å². The SMILES string of the molecule is Cc1noc(CNCc2cc(C)n(C)c2C)n1. The fourth-order valence-electron chi connectivity index (χ4n) is 1.83. The number of hydrogen-bond acceptors (Lipinski definition) is 4. The fourth-order valence-corrected chi connectivity index (χ4v) is 1.83. The third-order valence-electron chi connectivity index (χ3n) is 3.04. The molecule has 5 nitrogen and oxygen atoms in total. The monoisotopic (exact) mass is 234 g/mol. The maximum atomic E-state index is 5.03. The Bertz CT molecular complexity index is 513. The first-order valence-electron chi connectivity index (χ1n) is 5.69. The van der Waals surface area contributed by atoms with Crippen molar-refractivity contribution < 1.29 is 4.52 Å². The lowest BCUT2D eigenvalue weighted by Crippen LogP contribution is -2.13. The minimum absolute atomic E-state index is 0.605. The molecule has 0 bridgehead atoms. The molecule has 17 heavy (non-hydrogen) atoms. The Kier molecular flexibility index (Phi) is 3.28. The summed E-state index contributed by atoms with van der Waals surface area (Å²) in [7, 11) is 2.08. The molecule has 5 heteroatoms. The van der Waals surface area contributed by atoms with Gasteiger partial charge in [0.15, 0.2) is 5.82 Å². The van der Waals surface area contributed by atoms with E-state index in [1.165, 1.54) is 17.0 Å². The first-order chi connectivity index (χ1) is 8.08. The lowest BCUT2D eigenvalue weighted by molar-refractivity contribution is 0.364. The molecule has 0 aromatic carbocycles. The molecule has 0 aliphatic rings. The molecule has 0 aliphatic carbocycles. The van der Waals surface area contributed by atoms with Gasteiger partial charge in [0.1, 0.15) is 0 Å². The zero-order valence-electron chi connectivity index (χ0n) is 10.7. The Balaban J connectivity index is 1.92. The summed E-state index contributed by atoms with van der Waals surface area (Å²) in [6, 6.07) is 2.20. The van der Waals surface area contributed by atoms with Crippen molar-refractivity contribution in [2.45, 2.75) is 33.9 Å². The van der Waals surface area contributed by atoms with Gasteiger partial charge in [-0.05, 0) is 32.4 Å². The molecule has 2 heterocycles. The van der Waals surface area contributed by atoms with Crippen LogP contribution in [0.15, 0.2) is 10.6 Å². The average Bonchev–Trinajstić information content (AvgIpc) is 2.80. The fraction of sp³-hybridized carbons (Fsp3) is 0.500. The summed E-state index contributed by atoms with van der Waals surface area (Å²) in [5.41, 5.74) is 3.87. The highest BCUT2D eigenvalue weighted by Crippen LogP contribution is 2.12. The van der Waals surface area contributed by atoms with Crippen molar-refractivity contribution >= 4 is 0 Å². The molecule has 2 rings (SSSR count). The molecule has 0 radical (unpaired) electrons. The second-order valence-corrected chi connectivity index (χ2v) is 4.29. The van der Waals surface area contributed by atoms with Crippen LogP contribution in [0, 0.1) is 20.8 Å². The summed E-state index contributed by atoms with van der Waals surface area (Å²) in [6.07, 6.45) is 0. The summed E-state index contributed by atoms with van der Waals surface area (Å²) >= 11 is 0. The Morgan fingerprint density at radius 2 is 2.06 bits per heavy atom. The smallest absolute Gasteiger partial charge is 0.240 e. The third kappa shape index (κ3) is 2.55. The largest absolute Gasteiger partial charge is 0.352 e. The van der Waals surface area contributed by atoms with E-state index in [0.717, 1.165) is 6.54 Å². The number of nitrogens with one attached hydrogen (secondary N) is 1. The van der Waals surface area contributed by atoms with Gasteiger partial charge in [0, 0.05) is 25.0 Å². The lowest BCUT2D eigenvalue weighted by atomic mass is 10.2. The van der Waals surface area contributed by atoms with Gasteiger partial charge >= 0.3 is 0 Å². The van der Waals surface area contributed by atoms with Crippen LogP contribution in [0.5, 0.6) is 0 Å². The molecule has 1 N–H and O–H groups in total. The molecule has 0 aliphatic heterocycles. The molecule has 0 spiro atoms. The van der Waals surface area contributed by atoms with Crippen molar-refractivity contribution in [2.24, 2.45) is 7.05 Å². The second-order valence-electron chi connectivity index (χ2n) is 4.29. The van der Waals surface area contributed by atoms with Crippen LogP contribution < -0.4 is 5.32 Å². The van der Waals surface area contributed by atoms with Gasteiger partial charge in [-0.2, -0.15) is 4.98 Å². The van der Waals surface area contributed by atoms with Gasteiger partial charge in [-0.3, -0.25) is 0 Å². The summed E-state index contributed by atoms with van der Waals surface area (Å²) in [6.45, 7) is 7.47. The van der Waals surface area contributed by atoms with Gasteiger partial charge in [0.25, 0.3) is 0 Å². The molecule has 2 aromatic heterocycles. The van der Waals surface area contributed by atoms with Crippen molar-refractivity contribution in [3.8, 4) is 0 Å². The molecule has 0 saturated heterocycles. The van der Waals surface area contributed by atoms with Crippen molar-refractivity contribution in [3.63, 3.8) is 0 Å². The van der Waals surface area contributed by atoms with Gasteiger partial charge in [-0.25, -0.2) is 0 Å². The minimum Gasteiger partial charge on any atom is -0.352 e. The van der Waals surface area contributed by atoms with Crippen LogP contribution in [0.1, 0.15) is 28.7 Å². The summed E-state index contributed by atoms with van der Waals surface area (Å²) in [5.74, 6) is 1.31. The lowest BCUT2D eigenvalue weighted by Gasteiger charge is -2.03. The third-order valence-corrected chi connectivity index (χ3v) is 3.04.